The van der Waals surface area contributed by atoms with Crippen LogP contribution < -0.4 is 0 Å². The highest BCUT2D eigenvalue weighted by molar-refractivity contribution is 9.09. The Kier molecular flexibility index (Phi) is 2.72. The molecule has 0 spiro atoms. The zero-order valence-electron chi connectivity index (χ0n) is 5.72. The molecule has 0 bridgehead atoms. The Morgan fingerprint density at radius 3 is 2.60 bits per heavy atom. The Bertz CT molecular complexity index is 136. The molecule has 0 saturated heterocycles. The van der Waals surface area contributed by atoms with Crippen LogP contribution >= 0.6 is 15.9 Å². The summed E-state index contributed by atoms with van der Waals surface area (Å²) in [7, 11) is 0. The molecule has 2 atom stereocenters. The van der Waals surface area contributed by atoms with Crippen LogP contribution in [0.15, 0.2) is 0 Å². The second-order valence-corrected chi connectivity index (χ2v) is 4.09. The monoisotopic (exact) mass is 206 g/mol. The summed E-state index contributed by atoms with van der Waals surface area (Å²) in [4.78, 5) is 10.9. The van der Waals surface area contributed by atoms with Gasteiger partial charge in [0.2, 0.25) is 0 Å². The Labute approximate surface area is 68.7 Å². The first-order chi connectivity index (χ1) is 4.70. The maximum atomic E-state index is 10.5. The number of carboxylic acids is 1. The van der Waals surface area contributed by atoms with Crippen molar-refractivity contribution in [2.75, 3.05) is 0 Å². The summed E-state index contributed by atoms with van der Waals surface area (Å²) < 4.78 is 0. The third kappa shape index (κ3) is 1.97. The minimum Gasteiger partial charge on any atom is -0.481 e. The lowest BCUT2D eigenvalue weighted by atomic mass is 9.89. The van der Waals surface area contributed by atoms with E-state index in [2.05, 4.69) is 15.9 Å². The molecule has 10 heavy (non-hydrogen) atoms. The number of halogens is 1. The zero-order valence-corrected chi connectivity index (χ0v) is 7.30. The summed E-state index contributed by atoms with van der Waals surface area (Å²) in [5, 5.41) is 8.64. The zero-order chi connectivity index (χ0) is 7.56. The molecule has 1 aliphatic rings. The van der Waals surface area contributed by atoms with E-state index in [-0.39, 0.29) is 5.92 Å². The molecule has 0 aliphatic heterocycles. The first-order valence-corrected chi connectivity index (χ1v) is 4.48. The average Bonchev–Trinajstić information content (AvgIpc) is 1.88. The summed E-state index contributed by atoms with van der Waals surface area (Å²) in [6.45, 7) is 0. The van der Waals surface area contributed by atoms with Crippen molar-refractivity contribution in [2.45, 2.75) is 30.5 Å². The van der Waals surface area contributed by atoms with Gasteiger partial charge in [-0.1, -0.05) is 22.4 Å². The summed E-state index contributed by atoms with van der Waals surface area (Å²) in [6, 6.07) is 0. The maximum Gasteiger partial charge on any atom is 0.306 e. The summed E-state index contributed by atoms with van der Waals surface area (Å²) in [5.41, 5.74) is 0. The SMILES string of the molecule is O=C(O)C1CCCC(Br)C1. The third-order valence-electron chi connectivity index (χ3n) is 1.96. The van der Waals surface area contributed by atoms with Crippen molar-refractivity contribution in [3.8, 4) is 0 Å². The van der Waals surface area contributed by atoms with E-state index in [0.29, 0.717) is 4.83 Å². The number of carboxylic acid groups (broad SMARTS) is 1. The van der Waals surface area contributed by atoms with E-state index in [1.54, 1.807) is 0 Å². The molecule has 0 amide bonds. The fraction of sp³-hybridized carbons (Fsp3) is 0.857. The number of aliphatic carboxylic acids is 1. The van der Waals surface area contributed by atoms with Crippen LogP contribution in [0.2, 0.25) is 0 Å². The molecule has 1 rings (SSSR count). The number of carbonyl (C=O) groups is 1. The third-order valence-corrected chi connectivity index (χ3v) is 2.79. The average molecular weight is 207 g/mol. The van der Waals surface area contributed by atoms with Gasteiger partial charge in [0.05, 0.1) is 5.92 Å². The van der Waals surface area contributed by atoms with E-state index in [0.717, 1.165) is 25.7 Å². The topological polar surface area (TPSA) is 37.3 Å². The summed E-state index contributed by atoms with van der Waals surface area (Å²) in [5.74, 6) is -0.734. The maximum absolute atomic E-state index is 10.5. The molecule has 1 fully saturated rings. The highest BCUT2D eigenvalue weighted by atomic mass is 79.9. The van der Waals surface area contributed by atoms with E-state index >= 15 is 0 Å². The molecular weight excluding hydrogens is 196 g/mol. The van der Waals surface area contributed by atoms with Gasteiger partial charge < -0.3 is 5.11 Å². The Morgan fingerprint density at radius 1 is 1.50 bits per heavy atom. The van der Waals surface area contributed by atoms with Crippen molar-refractivity contribution in [3.05, 3.63) is 0 Å². The predicted octanol–water partition coefficient (Wildman–Crippen LogP) is 2.02. The summed E-state index contributed by atoms with van der Waals surface area (Å²) in [6.07, 6.45) is 3.84. The van der Waals surface area contributed by atoms with Crippen LogP contribution in [0.1, 0.15) is 25.7 Å². The van der Waals surface area contributed by atoms with Gasteiger partial charge in [0.25, 0.3) is 0 Å². The van der Waals surface area contributed by atoms with E-state index in [4.69, 9.17) is 5.11 Å². The van der Waals surface area contributed by atoms with Crippen molar-refractivity contribution in [1.82, 2.24) is 0 Å². The number of alkyl halides is 1. The fourth-order valence-corrected chi connectivity index (χ4v) is 2.13. The molecule has 1 aliphatic carbocycles. The molecule has 3 heteroatoms. The molecule has 0 aromatic rings. The first-order valence-electron chi connectivity index (χ1n) is 3.57. The van der Waals surface area contributed by atoms with Crippen LogP contribution in [-0.2, 0) is 4.79 Å². The number of hydrogen-bond donors (Lipinski definition) is 1. The minimum absolute atomic E-state index is 0.0990. The lowest BCUT2D eigenvalue weighted by Crippen LogP contribution is -2.22. The lowest BCUT2D eigenvalue weighted by Gasteiger charge is -2.21. The van der Waals surface area contributed by atoms with E-state index in [1.807, 2.05) is 0 Å². The second-order valence-electron chi connectivity index (χ2n) is 2.80. The Morgan fingerprint density at radius 2 is 2.20 bits per heavy atom. The quantitative estimate of drug-likeness (QED) is 0.668. The van der Waals surface area contributed by atoms with Crippen molar-refractivity contribution in [2.24, 2.45) is 5.92 Å². The minimum atomic E-state index is -0.635. The second kappa shape index (κ2) is 3.37. The highest BCUT2D eigenvalue weighted by Gasteiger charge is 2.24. The van der Waals surface area contributed by atoms with Crippen LogP contribution in [0.3, 0.4) is 0 Å². The van der Waals surface area contributed by atoms with Crippen LogP contribution in [-0.4, -0.2) is 15.9 Å². The normalized spacial score (nSPS) is 33.7. The lowest BCUT2D eigenvalue weighted by molar-refractivity contribution is -0.142. The Hall–Kier alpha value is -0.0500. The van der Waals surface area contributed by atoms with E-state index < -0.39 is 5.97 Å². The molecule has 2 nitrogen and oxygen atoms in total. The Balaban J connectivity index is 2.39. The van der Waals surface area contributed by atoms with Gasteiger partial charge in [-0.2, -0.15) is 0 Å². The van der Waals surface area contributed by atoms with Gasteiger partial charge >= 0.3 is 5.97 Å². The van der Waals surface area contributed by atoms with Gasteiger partial charge in [-0.3, -0.25) is 4.79 Å². The van der Waals surface area contributed by atoms with Crippen LogP contribution in [0, 0.1) is 5.92 Å². The molecule has 0 radical (unpaired) electrons. The van der Waals surface area contributed by atoms with Crippen molar-refractivity contribution in [1.29, 1.82) is 0 Å². The van der Waals surface area contributed by atoms with Gasteiger partial charge in [-0.15, -0.1) is 0 Å². The molecule has 1 saturated carbocycles. The van der Waals surface area contributed by atoms with Crippen molar-refractivity contribution in [3.63, 3.8) is 0 Å². The van der Waals surface area contributed by atoms with Gasteiger partial charge in [0.15, 0.2) is 0 Å². The molecule has 0 aromatic heterocycles. The van der Waals surface area contributed by atoms with Gasteiger partial charge in [0.1, 0.15) is 0 Å². The van der Waals surface area contributed by atoms with Gasteiger partial charge in [0, 0.05) is 4.83 Å². The number of rotatable bonds is 1. The van der Waals surface area contributed by atoms with Crippen molar-refractivity contribution < 1.29 is 9.90 Å². The molecular formula is C7H11BrO2. The van der Waals surface area contributed by atoms with Crippen LogP contribution in [0.4, 0.5) is 0 Å². The van der Waals surface area contributed by atoms with Crippen LogP contribution in [0.25, 0.3) is 0 Å². The summed E-state index contributed by atoms with van der Waals surface area (Å²) >= 11 is 3.43. The molecule has 1 N–H and O–H groups in total. The van der Waals surface area contributed by atoms with E-state index in [1.165, 1.54) is 0 Å². The smallest absolute Gasteiger partial charge is 0.306 e. The first kappa shape index (κ1) is 8.05. The largest absolute Gasteiger partial charge is 0.481 e. The van der Waals surface area contributed by atoms with E-state index in [9.17, 15) is 4.79 Å². The fourth-order valence-electron chi connectivity index (χ4n) is 1.35. The number of hydrogen-bond acceptors (Lipinski definition) is 1. The van der Waals surface area contributed by atoms with Crippen molar-refractivity contribution >= 4 is 21.9 Å². The van der Waals surface area contributed by atoms with Gasteiger partial charge in [-0.25, -0.2) is 0 Å². The standard InChI is InChI=1S/C7H11BrO2/c8-6-3-1-2-5(4-6)7(9)10/h5-6H,1-4H2,(H,9,10). The van der Waals surface area contributed by atoms with Crippen LogP contribution in [0.5, 0.6) is 0 Å². The van der Waals surface area contributed by atoms with Gasteiger partial charge in [-0.05, 0) is 19.3 Å². The highest BCUT2D eigenvalue weighted by Crippen LogP contribution is 2.28. The molecule has 0 heterocycles. The molecule has 0 aromatic carbocycles. The molecule has 2 unspecified atom stereocenters. The molecule has 58 valence electrons. The predicted molar refractivity (Wildman–Crippen MR) is 42.3 cm³/mol.